The van der Waals surface area contributed by atoms with E-state index in [4.69, 9.17) is 17.3 Å². The van der Waals surface area contributed by atoms with Crippen molar-refractivity contribution in [1.29, 1.82) is 0 Å². The number of hydrogen-bond donors (Lipinski definition) is 2. The highest BCUT2D eigenvalue weighted by molar-refractivity contribution is 6.32. The van der Waals surface area contributed by atoms with Crippen LogP contribution in [0.1, 0.15) is 11.8 Å². The SMILES string of the molecule is NCC(O)c1cccc2c(Cl)ncn12. The Kier molecular flexibility index (Phi) is 2.41. The molecule has 2 rings (SSSR count). The van der Waals surface area contributed by atoms with E-state index in [0.717, 1.165) is 5.52 Å². The zero-order valence-electron chi connectivity index (χ0n) is 7.39. The maximum absolute atomic E-state index is 9.62. The molecular formula is C9H10ClN3O. The molecule has 4 nitrogen and oxygen atoms in total. The summed E-state index contributed by atoms with van der Waals surface area (Å²) >= 11 is 5.85. The topological polar surface area (TPSA) is 63.5 Å². The van der Waals surface area contributed by atoms with Crippen LogP contribution in [0.25, 0.3) is 5.52 Å². The molecule has 2 aromatic rings. The molecule has 0 saturated heterocycles. The maximum atomic E-state index is 9.62. The van der Waals surface area contributed by atoms with Crippen LogP contribution in [0.4, 0.5) is 0 Å². The highest BCUT2D eigenvalue weighted by atomic mass is 35.5. The van der Waals surface area contributed by atoms with Crippen molar-refractivity contribution in [2.24, 2.45) is 5.73 Å². The van der Waals surface area contributed by atoms with E-state index in [9.17, 15) is 5.11 Å². The summed E-state index contributed by atoms with van der Waals surface area (Å²) in [6.07, 6.45) is 0.885. The molecule has 0 bridgehead atoms. The van der Waals surface area contributed by atoms with E-state index in [1.165, 1.54) is 0 Å². The van der Waals surface area contributed by atoms with Crippen LogP contribution in [-0.2, 0) is 0 Å². The molecule has 2 heterocycles. The van der Waals surface area contributed by atoms with E-state index in [1.54, 1.807) is 16.8 Å². The third-order valence-corrected chi connectivity index (χ3v) is 2.41. The molecule has 3 N–H and O–H groups in total. The van der Waals surface area contributed by atoms with Gasteiger partial charge in [-0.15, -0.1) is 0 Å². The lowest BCUT2D eigenvalue weighted by molar-refractivity contribution is 0.180. The molecule has 0 amide bonds. The number of pyridine rings is 1. The molecule has 0 radical (unpaired) electrons. The van der Waals surface area contributed by atoms with E-state index in [0.29, 0.717) is 10.8 Å². The number of aliphatic hydroxyl groups is 1. The number of nitrogens with zero attached hydrogens (tertiary/aromatic N) is 2. The van der Waals surface area contributed by atoms with E-state index in [2.05, 4.69) is 4.98 Å². The first-order valence-corrected chi connectivity index (χ1v) is 4.61. The molecule has 2 aromatic heterocycles. The van der Waals surface area contributed by atoms with Crippen LogP contribution >= 0.6 is 11.6 Å². The lowest BCUT2D eigenvalue weighted by Gasteiger charge is -2.10. The molecule has 0 aromatic carbocycles. The van der Waals surface area contributed by atoms with Crippen molar-refractivity contribution < 1.29 is 5.11 Å². The number of hydrogen-bond acceptors (Lipinski definition) is 3. The van der Waals surface area contributed by atoms with Crippen LogP contribution < -0.4 is 5.73 Å². The highest BCUT2D eigenvalue weighted by Gasteiger charge is 2.10. The van der Waals surface area contributed by atoms with Crippen LogP contribution in [0.2, 0.25) is 5.15 Å². The smallest absolute Gasteiger partial charge is 0.154 e. The molecule has 5 heteroatoms. The van der Waals surface area contributed by atoms with E-state index in [1.807, 2.05) is 12.1 Å². The molecule has 0 spiro atoms. The van der Waals surface area contributed by atoms with Gasteiger partial charge in [0.15, 0.2) is 5.15 Å². The molecule has 14 heavy (non-hydrogen) atoms. The number of aromatic nitrogens is 2. The predicted octanol–water partition coefficient (Wildman–Crippen LogP) is 0.980. The van der Waals surface area contributed by atoms with Crippen molar-refractivity contribution in [3.8, 4) is 0 Å². The Bertz CT molecular complexity index is 454. The van der Waals surface area contributed by atoms with Gasteiger partial charge < -0.3 is 10.8 Å². The van der Waals surface area contributed by atoms with Crippen LogP contribution in [0, 0.1) is 0 Å². The number of rotatable bonds is 2. The van der Waals surface area contributed by atoms with Gasteiger partial charge >= 0.3 is 0 Å². The monoisotopic (exact) mass is 211 g/mol. The lowest BCUT2D eigenvalue weighted by atomic mass is 10.2. The van der Waals surface area contributed by atoms with Crippen molar-refractivity contribution >= 4 is 17.1 Å². The molecule has 1 atom stereocenters. The second-order valence-electron chi connectivity index (χ2n) is 2.99. The average molecular weight is 212 g/mol. The van der Waals surface area contributed by atoms with Gasteiger partial charge in [-0.25, -0.2) is 4.98 Å². The van der Waals surface area contributed by atoms with Crippen molar-refractivity contribution in [1.82, 2.24) is 9.38 Å². The van der Waals surface area contributed by atoms with Gasteiger partial charge in [0.25, 0.3) is 0 Å². The number of fused-ring (bicyclic) bond motifs is 1. The van der Waals surface area contributed by atoms with Crippen LogP contribution in [-0.4, -0.2) is 21.0 Å². The standard InChI is InChI=1S/C9H10ClN3O/c10-9-7-3-1-2-6(8(14)4-11)13(7)5-12-9/h1-3,5,8,14H,4,11H2. The van der Waals surface area contributed by atoms with Gasteiger partial charge in [-0.3, -0.25) is 4.40 Å². The lowest BCUT2D eigenvalue weighted by Crippen LogP contribution is -2.14. The Morgan fingerprint density at radius 3 is 3.07 bits per heavy atom. The maximum Gasteiger partial charge on any atom is 0.154 e. The normalized spacial score (nSPS) is 13.4. The molecule has 0 aliphatic rings. The van der Waals surface area contributed by atoms with Crippen LogP contribution in [0.15, 0.2) is 24.5 Å². The summed E-state index contributed by atoms with van der Waals surface area (Å²) in [5.41, 5.74) is 6.86. The van der Waals surface area contributed by atoms with Gasteiger partial charge in [0.2, 0.25) is 0 Å². The largest absolute Gasteiger partial charge is 0.386 e. The third kappa shape index (κ3) is 1.37. The molecule has 0 aliphatic carbocycles. The second kappa shape index (κ2) is 3.57. The number of imidazole rings is 1. The fourth-order valence-corrected chi connectivity index (χ4v) is 1.60. The number of nitrogens with two attached hydrogens (primary N) is 1. The Hall–Kier alpha value is -1.10. The molecule has 74 valence electrons. The zero-order chi connectivity index (χ0) is 10.1. The number of aliphatic hydroxyl groups excluding tert-OH is 1. The number of halogens is 1. The van der Waals surface area contributed by atoms with Gasteiger partial charge in [-0.1, -0.05) is 17.7 Å². The average Bonchev–Trinajstić information content (AvgIpc) is 2.59. The van der Waals surface area contributed by atoms with Gasteiger partial charge in [0.1, 0.15) is 12.4 Å². The van der Waals surface area contributed by atoms with Crippen molar-refractivity contribution in [3.63, 3.8) is 0 Å². The van der Waals surface area contributed by atoms with E-state index >= 15 is 0 Å². The predicted molar refractivity (Wildman–Crippen MR) is 54.2 cm³/mol. The van der Waals surface area contributed by atoms with Crippen molar-refractivity contribution in [2.45, 2.75) is 6.10 Å². The van der Waals surface area contributed by atoms with Crippen molar-refractivity contribution in [2.75, 3.05) is 6.54 Å². The van der Waals surface area contributed by atoms with Gasteiger partial charge in [-0.2, -0.15) is 0 Å². The molecule has 1 unspecified atom stereocenters. The van der Waals surface area contributed by atoms with Crippen LogP contribution in [0.5, 0.6) is 0 Å². The summed E-state index contributed by atoms with van der Waals surface area (Å²) in [6.45, 7) is 0.176. The van der Waals surface area contributed by atoms with Gasteiger partial charge in [0, 0.05) is 6.54 Å². The quantitative estimate of drug-likeness (QED) is 0.779. The summed E-state index contributed by atoms with van der Waals surface area (Å²) in [4.78, 5) is 3.95. The Labute approximate surface area is 85.9 Å². The third-order valence-electron chi connectivity index (χ3n) is 2.12. The first-order valence-electron chi connectivity index (χ1n) is 4.23. The summed E-state index contributed by atoms with van der Waals surface area (Å²) in [6, 6.07) is 5.45. The summed E-state index contributed by atoms with van der Waals surface area (Å²) in [7, 11) is 0. The molecular weight excluding hydrogens is 202 g/mol. The Balaban J connectivity index is 2.65. The first-order chi connectivity index (χ1) is 6.74. The zero-order valence-corrected chi connectivity index (χ0v) is 8.15. The molecule has 0 fully saturated rings. The highest BCUT2D eigenvalue weighted by Crippen LogP contribution is 2.19. The fraction of sp³-hybridized carbons (Fsp3) is 0.222. The van der Waals surface area contributed by atoms with E-state index < -0.39 is 6.10 Å². The molecule has 0 aliphatic heterocycles. The Morgan fingerprint density at radius 1 is 1.57 bits per heavy atom. The second-order valence-corrected chi connectivity index (χ2v) is 3.35. The Morgan fingerprint density at radius 2 is 2.36 bits per heavy atom. The summed E-state index contributed by atoms with van der Waals surface area (Å²) in [5.74, 6) is 0. The van der Waals surface area contributed by atoms with Gasteiger partial charge in [0.05, 0.1) is 11.2 Å². The minimum absolute atomic E-state index is 0.176. The summed E-state index contributed by atoms with van der Waals surface area (Å²) in [5, 5.41) is 10.0. The first kappa shape index (κ1) is 9.45. The fourth-order valence-electron chi connectivity index (χ4n) is 1.40. The van der Waals surface area contributed by atoms with E-state index in [-0.39, 0.29) is 6.54 Å². The minimum Gasteiger partial charge on any atom is -0.386 e. The van der Waals surface area contributed by atoms with Crippen molar-refractivity contribution in [3.05, 3.63) is 35.4 Å². The van der Waals surface area contributed by atoms with Crippen LogP contribution in [0.3, 0.4) is 0 Å². The minimum atomic E-state index is -0.691. The van der Waals surface area contributed by atoms with Gasteiger partial charge in [-0.05, 0) is 12.1 Å². The summed E-state index contributed by atoms with van der Waals surface area (Å²) < 4.78 is 1.74. The molecule has 0 saturated carbocycles.